The summed E-state index contributed by atoms with van der Waals surface area (Å²) in [5, 5.41) is 19.0. The summed E-state index contributed by atoms with van der Waals surface area (Å²) in [5.41, 5.74) is 0.117. The third-order valence-corrected chi connectivity index (χ3v) is 2.51. The van der Waals surface area contributed by atoms with Crippen LogP contribution in [-0.2, 0) is 19.0 Å². The first kappa shape index (κ1) is 19.1. The molecule has 0 aromatic heterocycles. The summed E-state index contributed by atoms with van der Waals surface area (Å²) in [6.45, 7) is 4.95. The molecular weight excluding hydrogens is 304 g/mol. The molecule has 0 amide bonds. The highest BCUT2D eigenvalue weighted by Crippen LogP contribution is 2.19. The van der Waals surface area contributed by atoms with E-state index in [9.17, 15) is 9.90 Å². The molecule has 0 aliphatic rings. The van der Waals surface area contributed by atoms with E-state index in [1.54, 1.807) is 30.3 Å². The second kappa shape index (κ2) is 9.96. The summed E-state index contributed by atoms with van der Waals surface area (Å²) in [5.74, 6) is -2.78. The average Bonchev–Trinajstić information content (AvgIpc) is 2.51. The van der Waals surface area contributed by atoms with Crippen molar-refractivity contribution in [2.24, 2.45) is 0 Å². The van der Waals surface area contributed by atoms with Gasteiger partial charge < -0.3 is 29.2 Å². The lowest BCUT2D eigenvalue weighted by Crippen LogP contribution is -2.46. The number of aliphatic hydroxyl groups excluding tert-OH is 1. The second-order valence-corrected chi connectivity index (χ2v) is 4.69. The third kappa shape index (κ3) is 7.75. The zero-order chi connectivity index (χ0) is 17.1. The number of carbonyl (C=O) groups excluding carboxylic acids is 1. The Balaban J connectivity index is 2.60. The van der Waals surface area contributed by atoms with Crippen LogP contribution >= 0.6 is 0 Å². The maximum Gasteiger partial charge on any atom is 0.396 e. The van der Waals surface area contributed by atoms with Crippen LogP contribution in [0, 0.1) is 0 Å². The van der Waals surface area contributed by atoms with E-state index in [0.29, 0.717) is 5.75 Å². The van der Waals surface area contributed by atoms with Crippen LogP contribution < -0.4 is 4.74 Å². The highest BCUT2D eigenvalue weighted by molar-refractivity contribution is 5.87. The highest BCUT2D eigenvalue weighted by Gasteiger charge is 2.35. The Morgan fingerprint density at radius 1 is 1.17 bits per heavy atom. The van der Waals surface area contributed by atoms with Gasteiger partial charge in [0.15, 0.2) is 6.61 Å². The Hall–Kier alpha value is -1.93. The molecule has 2 N–H and O–H groups in total. The summed E-state index contributed by atoms with van der Waals surface area (Å²) in [6, 6.07) is 8.40. The number of benzene rings is 1. The molecule has 7 heteroatoms. The molecule has 0 fully saturated rings. The Kier molecular flexibility index (Phi) is 8.28. The van der Waals surface area contributed by atoms with E-state index in [2.05, 4.69) is 6.58 Å². The van der Waals surface area contributed by atoms with E-state index in [1.807, 2.05) is 0 Å². The standard InChI is InChI=1S/C16H22O7/c1-13(2)15(18)23-16(19,12-21-11-10-20-9-8-17)22-14-6-4-3-5-7-14/h3-7,17,19H,1,8-12H2,2H3. The largest absolute Gasteiger partial charge is 0.428 e. The predicted molar refractivity (Wildman–Crippen MR) is 81.6 cm³/mol. The summed E-state index contributed by atoms with van der Waals surface area (Å²) in [4.78, 5) is 11.7. The van der Waals surface area contributed by atoms with E-state index in [-0.39, 0.29) is 32.0 Å². The van der Waals surface area contributed by atoms with Crippen molar-refractivity contribution < 1.29 is 34.0 Å². The smallest absolute Gasteiger partial charge is 0.396 e. The van der Waals surface area contributed by atoms with Gasteiger partial charge in [-0.3, -0.25) is 0 Å². The lowest BCUT2D eigenvalue weighted by Gasteiger charge is -2.27. The molecule has 1 aromatic carbocycles. The molecule has 0 radical (unpaired) electrons. The zero-order valence-corrected chi connectivity index (χ0v) is 13.1. The number of hydrogen-bond donors (Lipinski definition) is 2. The van der Waals surface area contributed by atoms with Crippen molar-refractivity contribution in [2.75, 3.05) is 33.0 Å². The Labute approximate surface area is 135 Å². The minimum atomic E-state index is -2.28. The first-order valence-corrected chi connectivity index (χ1v) is 7.08. The van der Waals surface area contributed by atoms with Gasteiger partial charge in [0.25, 0.3) is 0 Å². The van der Waals surface area contributed by atoms with Gasteiger partial charge >= 0.3 is 11.9 Å². The highest BCUT2D eigenvalue weighted by atomic mass is 16.8. The van der Waals surface area contributed by atoms with Gasteiger partial charge in [0.1, 0.15) is 5.75 Å². The molecule has 128 valence electrons. The zero-order valence-electron chi connectivity index (χ0n) is 13.1. The monoisotopic (exact) mass is 326 g/mol. The maximum absolute atomic E-state index is 11.7. The summed E-state index contributed by atoms with van der Waals surface area (Å²) >= 11 is 0. The normalized spacial score (nSPS) is 13.2. The van der Waals surface area contributed by atoms with Gasteiger partial charge in [-0.2, -0.15) is 0 Å². The van der Waals surface area contributed by atoms with Crippen LogP contribution in [0.1, 0.15) is 6.92 Å². The number of aliphatic hydroxyl groups is 2. The Morgan fingerprint density at radius 2 is 1.83 bits per heavy atom. The molecule has 7 nitrogen and oxygen atoms in total. The summed E-state index contributed by atoms with van der Waals surface area (Å²) < 4.78 is 20.5. The molecule has 1 unspecified atom stereocenters. The van der Waals surface area contributed by atoms with Gasteiger partial charge in [-0.15, -0.1) is 0 Å². The van der Waals surface area contributed by atoms with Crippen molar-refractivity contribution in [1.29, 1.82) is 0 Å². The molecule has 0 aliphatic carbocycles. The van der Waals surface area contributed by atoms with Crippen molar-refractivity contribution in [2.45, 2.75) is 12.9 Å². The van der Waals surface area contributed by atoms with E-state index in [4.69, 9.17) is 24.1 Å². The SMILES string of the molecule is C=C(C)C(=O)OC(O)(COCCOCCO)Oc1ccccc1. The van der Waals surface area contributed by atoms with Crippen molar-refractivity contribution in [3.05, 3.63) is 42.5 Å². The number of carbonyl (C=O) groups is 1. The number of rotatable bonds is 11. The van der Waals surface area contributed by atoms with Crippen LogP contribution in [0.2, 0.25) is 0 Å². The van der Waals surface area contributed by atoms with Crippen LogP contribution in [0.5, 0.6) is 5.75 Å². The van der Waals surface area contributed by atoms with E-state index in [1.165, 1.54) is 6.92 Å². The lowest BCUT2D eigenvalue weighted by atomic mass is 10.3. The van der Waals surface area contributed by atoms with Crippen LogP contribution in [0.3, 0.4) is 0 Å². The van der Waals surface area contributed by atoms with Crippen molar-refractivity contribution in [3.8, 4) is 5.75 Å². The Bertz CT molecular complexity index is 488. The maximum atomic E-state index is 11.7. The summed E-state index contributed by atoms with van der Waals surface area (Å²) in [7, 11) is 0. The molecule has 0 bridgehead atoms. The van der Waals surface area contributed by atoms with Crippen molar-refractivity contribution in [1.82, 2.24) is 0 Å². The topological polar surface area (TPSA) is 94.5 Å². The van der Waals surface area contributed by atoms with Gasteiger partial charge in [-0.05, 0) is 19.1 Å². The molecule has 0 heterocycles. The second-order valence-electron chi connectivity index (χ2n) is 4.69. The van der Waals surface area contributed by atoms with Crippen LogP contribution in [0.15, 0.2) is 42.5 Å². The van der Waals surface area contributed by atoms with Crippen molar-refractivity contribution in [3.63, 3.8) is 0 Å². The third-order valence-electron chi connectivity index (χ3n) is 2.51. The van der Waals surface area contributed by atoms with Crippen molar-refractivity contribution >= 4 is 5.97 Å². The van der Waals surface area contributed by atoms with Gasteiger partial charge in [0, 0.05) is 5.57 Å². The molecule has 0 saturated carbocycles. The first-order valence-electron chi connectivity index (χ1n) is 7.08. The van der Waals surface area contributed by atoms with Gasteiger partial charge in [0.05, 0.1) is 26.4 Å². The molecule has 23 heavy (non-hydrogen) atoms. The fraction of sp³-hybridized carbons (Fsp3) is 0.438. The minimum Gasteiger partial charge on any atom is -0.428 e. The summed E-state index contributed by atoms with van der Waals surface area (Å²) in [6.07, 6.45) is 0. The average molecular weight is 326 g/mol. The molecule has 1 aromatic rings. The quantitative estimate of drug-likeness (QED) is 0.269. The Morgan fingerprint density at radius 3 is 2.43 bits per heavy atom. The van der Waals surface area contributed by atoms with Crippen LogP contribution in [0.25, 0.3) is 0 Å². The fourth-order valence-electron chi connectivity index (χ4n) is 1.47. The first-order chi connectivity index (χ1) is 11.0. The van der Waals surface area contributed by atoms with E-state index >= 15 is 0 Å². The minimum absolute atomic E-state index is 0.0860. The molecule has 0 saturated heterocycles. The number of ether oxygens (including phenoxy) is 4. The molecule has 0 spiro atoms. The fourth-order valence-corrected chi connectivity index (χ4v) is 1.47. The molecular formula is C16H22O7. The van der Waals surface area contributed by atoms with Gasteiger partial charge in [-0.1, -0.05) is 24.8 Å². The van der Waals surface area contributed by atoms with Gasteiger partial charge in [0.2, 0.25) is 0 Å². The number of para-hydroxylation sites is 1. The number of hydrogen-bond acceptors (Lipinski definition) is 7. The van der Waals surface area contributed by atoms with E-state index in [0.717, 1.165) is 0 Å². The van der Waals surface area contributed by atoms with Crippen LogP contribution in [-0.4, -0.2) is 55.2 Å². The van der Waals surface area contributed by atoms with Gasteiger partial charge in [-0.25, -0.2) is 4.79 Å². The molecule has 0 aliphatic heterocycles. The van der Waals surface area contributed by atoms with Crippen LogP contribution in [0.4, 0.5) is 0 Å². The molecule has 1 rings (SSSR count). The predicted octanol–water partition coefficient (Wildman–Crippen LogP) is 0.856. The number of esters is 1. The van der Waals surface area contributed by atoms with E-state index < -0.39 is 18.5 Å². The lowest BCUT2D eigenvalue weighted by molar-refractivity contribution is -0.319. The molecule has 1 atom stereocenters.